The van der Waals surface area contributed by atoms with Gasteiger partial charge in [-0.15, -0.1) is 0 Å². The van der Waals surface area contributed by atoms with Gasteiger partial charge in [-0.25, -0.2) is 4.98 Å². The van der Waals surface area contributed by atoms with Crippen LogP contribution >= 0.6 is 0 Å². The van der Waals surface area contributed by atoms with Crippen LogP contribution in [0.1, 0.15) is 0 Å². The van der Waals surface area contributed by atoms with Gasteiger partial charge in [0.05, 0.1) is 7.11 Å². The molecule has 0 aliphatic rings. The van der Waals surface area contributed by atoms with E-state index >= 15 is 0 Å². The van der Waals surface area contributed by atoms with Crippen LogP contribution in [0, 0.1) is 0 Å². The standard InChI is InChI=1S/C20H25BN2O2Si/c1-24-19-8-6-5-7-16(19)18-13-23(14-25-9-10-26(2,3)4)20-17(18)11-15(21)12-22-20/h5-8,11-13H,9-10,14H2,1-4H3. The molecule has 3 rings (SSSR count). The molecule has 0 aliphatic carbocycles. The number of fused-ring (bicyclic) bond motifs is 1. The summed E-state index contributed by atoms with van der Waals surface area (Å²) in [5.41, 5.74) is 3.58. The number of hydrogen-bond acceptors (Lipinski definition) is 3. The van der Waals surface area contributed by atoms with Gasteiger partial charge in [0.2, 0.25) is 0 Å². The fourth-order valence-electron chi connectivity index (χ4n) is 2.91. The minimum absolute atomic E-state index is 0.479. The van der Waals surface area contributed by atoms with Crippen molar-refractivity contribution in [2.75, 3.05) is 13.7 Å². The van der Waals surface area contributed by atoms with Crippen LogP contribution in [0.5, 0.6) is 5.75 Å². The first kappa shape index (κ1) is 18.7. The molecule has 0 N–H and O–H groups in total. The fraction of sp³-hybridized carbons (Fsp3) is 0.350. The number of aromatic nitrogens is 2. The van der Waals surface area contributed by atoms with Crippen LogP contribution in [0.15, 0.2) is 42.7 Å². The molecule has 6 heteroatoms. The van der Waals surface area contributed by atoms with Gasteiger partial charge in [-0.05, 0) is 12.1 Å². The van der Waals surface area contributed by atoms with Gasteiger partial charge in [-0.3, -0.25) is 0 Å². The maximum atomic E-state index is 5.99. The normalized spacial score (nSPS) is 11.8. The van der Waals surface area contributed by atoms with Crippen molar-refractivity contribution in [2.45, 2.75) is 32.4 Å². The Kier molecular flexibility index (Phi) is 5.53. The highest BCUT2D eigenvalue weighted by atomic mass is 28.3. The zero-order valence-electron chi connectivity index (χ0n) is 16.0. The average Bonchev–Trinajstić information content (AvgIpc) is 2.95. The maximum Gasteiger partial charge on any atom is 0.142 e. The SMILES string of the molecule is [B]c1cnc2c(c1)c(-c1ccccc1OC)cn2COCC[Si](C)(C)C. The number of nitrogens with zero attached hydrogens (tertiary/aromatic N) is 2. The lowest BCUT2D eigenvalue weighted by atomic mass is 9.96. The highest BCUT2D eigenvalue weighted by Gasteiger charge is 2.16. The smallest absolute Gasteiger partial charge is 0.142 e. The molecule has 0 aliphatic heterocycles. The molecule has 1 aromatic carbocycles. The summed E-state index contributed by atoms with van der Waals surface area (Å²) in [4.78, 5) is 4.54. The number of benzene rings is 1. The van der Waals surface area contributed by atoms with E-state index < -0.39 is 8.07 Å². The molecule has 0 amide bonds. The van der Waals surface area contributed by atoms with Gasteiger partial charge in [0.15, 0.2) is 0 Å². The van der Waals surface area contributed by atoms with Crippen LogP contribution in [0.25, 0.3) is 22.2 Å². The summed E-state index contributed by atoms with van der Waals surface area (Å²) in [5.74, 6) is 0.827. The van der Waals surface area contributed by atoms with Crippen LogP contribution in [0.4, 0.5) is 0 Å². The summed E-state index contributed by atoms with van der Waals surface area (Å²) >= 11 is 0. The number of para-hydroxylation sites is 1. The predicted molar refractivity (Wildman–Crippen MR) is 111 cm³/mol. The molecular formula is C20H25BN2O2Si. The van der Waals surface area contributed by atoms with Crippen molar-refractivity contribution >= 4 is 32.4 Å². The molecule has 2 heterocycles. The monoisotopic (exact) mass is 364 g/mol. The zero-order chi connectivity index (χ0) is 18.7. The third kappa shape index (κ3) is 4.19. The molecule has 0 fully saturated rings. The van der Waals surface area contributed by atoms with Crippen molar-refractivity contribution in [3.8, 4) is 16.9 Å². The van der Waals surface area contributed by atoms with E-state index in [0.29, 0.717) is 12.2 Å². The summed E-state index contributed by atoms with van der Waals surface area (Å²) in [6, 6.07) is 11.1. The van der Waals surface area contributed by atoms with Crippen molar-refractivity contribution in [2.24, 2.45) is 0 Å². The summed E-state index contributed by atoms with van der Waals surface area (Å²) in [5, 5.41) is 1.00. The van der Waals surface area contributed by atoms with E-state index in [1.54, 1.807) is 13.3 Å². The second kappa shape index (κ2) is 7.68. The molecule has 0 unspecified atom stereocenters. The van der Waals surface area contributed by atoms with E-state index in [-0.39, 0.29) is 0 Å². The van der Waals surface area contributed by atoms with Crippen LogP contribution in [-0.2, 0) is 11.5 Å². The third-order valence-corrected chi connectivity index (χ3v) is 6.06. The molecule has 0 saturated carbocycles. The van der Waals surface area contributed by atoms with Gasteiger partial charge in [0.1, 0.15) is 26.0 Å². The van der Waals surface area contributed by atoms with Crippen molar-refractivity contribution in [1.29, 1.82) is 0 Å². The molecule has 0 spiro atoms. The number of pyridine rings is 1. The second-order valence-corrected chi connectivity index (χ2v) is 13.3. The molecular weight excluding hydrogens is 339 g/mol. The Morgan fingerprint density at radius 1 is 1.15 bits per heavy atom. The lowest BCUT2D eigenvalue weighted by Crippen LogP contribution is -2.22. The summed E-state index contributed by atoms with van der Waals surface area (Å²) < 4.78 is 13.5. The first-order chi connectivity index (χ1) is 12.4. The Morgan fingerprint density at radius 2 is 1.92 bits per heavy atom. The van der Waals surface area contributed by atoms with E-state index in [1.807, 2.05) is 34.9 Å². The Labute approximate surface area is 157 Å². The highest BCUT2D eigenvalue weighted by Crippen LogP contribution is 2.35. The highest BCUT2D eigenvalue weighted by molar-refractivity contribution is 6.76. The van der Waals surface area contributed by atoms with Gasteiger partial charge in [0, 0.05) is 43.6 Å². The first-order valence-corrected chi connectivity index (χ1v) is 12.6. The van der Waals surface area contributed by atoms with Gasteiger partial charge in [-0.2, -0.15) is 0 Å². The number of ether oxygens (including phenoxy) is 2. The lowest BCUT2D eigenvalue weighted by Gasteiger charge is -2.15. The average molecular weight is 364 g/mol. The summed E-state index contributed by atoms with van der Waals surface area (Å²) in [6.45, 7) is 8.31. The van der Waals surface area contributed by atoms with E-state index in [2.05, 4.69) is 30.8 Å². The summed E-state index contributed by atoms with van der Waals surface area (Å²) in [7, 11) is 6.58. The molecule has 2 aromatic heterocycles. The molecule has 2 radical (unpaired) electrons. The molecule has 0 bridgehead atoms. The molecule has 134 valence electrons. The number of methoxy groups -OCH3 is 1. The Hall–Kier alpha value is -2.05. The Balaban J connectivity index is 1.96. The maximum absolute atomic E-state index is 5.99. The topological polar surface area (TPSA) is 36.3 Å². The van der Waals surface area contributed by atoms with Crippen LogP contribution in [0.2, 0.25) is 25.7 Å². The molecule has 26 heavy (non-hydrogen) atoms. The van der Waals surface area contributed by atoms with E-state index in [0.717, 1.165) is 40.6 Å². The van der Waals surface area contributed by atoms with Gasteiger partial charge in [0.25, 0.3) is 0 Å². The van der Waals surface area contributed by atoms with Crippen molar-refractivity contribution in [3.05, 3.63) is 42.7 Å². The minimum Gasteiger partial charge on any atom is -0.496 e. The molecule has 0 saturated heterocycles. The van der Waals surface area contributed by atoms with E-state index in [9.17, 15) is 0 Å². The predicted octanol–water partition coefficient (Wildman–Crippen LogP) is 3.82. The quantitative estimate of drug-likeness (QED) is 0.472. The second-order valence-electron chi connectivity index (χ2n) is 7.70. The van der Waals surface area contributed by atoms with E-state index in [1.165, 1.54) is 0 Å². The van der Waals surface area contributed by atoms with Crippen molar-refractivity contribution < 1.29 is 9.47 Å². The number of hydrogen-bond donors (Lipinski definition) is 0. The van der Waals surface area contributed by atoms with Gasteiger partial charge >= 0.3 is 0 Å². The van der Waals surface area contributed by atoms with Crippen LogP contribution in [0.3, 0.4) is 0 Å². The zero-order valence-corrected chi connectivity index (χ0v) is 17.0. The van der Waals surface area contributed by atoms with Crippen molar-refractivity contribution in [3.63, 3.8) is 0 Å². The lowest BCUT2D eigenvalue weighted by molar-refractivity contribution is 0.0899. The van der Waals surface area contributed by atoms with Crippen LogP contribution < -0.4 is 10.2 Å². The Morgan fingerprint density at radius 3 is 2.65 bits per heavy atom. The fourth-order valence-corrected chi connectivity index (χ4v) is 3.67. The largest absolute Gasteiger partial charge is 0.496 e. The number of rotatable bonds is 7. The summed E-state index contributed by atoms with van der Waals surface area (Å²) in [6.07, 6.45) is 3.76. The Bertz CT molecular complexity index is 902. The molecule has 4 nitrogen and oxygen atoms in total. The van der Waals surface area contributed by atoms with Crippen LogP contribution in [-0.4, -0.2) is 39.2 Å². The first-order valence-electron chi connectivity index (χ1n) is 8.84. The third-order valence-electron chi connectivity index (χ3n) is 4.36. The molecule has 3 aromatic rings. The van der Waals surface area contributed by atoms with Crippen molar-refractivity contribution in [1.82, 2.24) is 9.55 Å². The van der Waals surface area contributed by atoms with Gasteiger partial charge < -0.3 is 14.0 Å². The van der Waals surface area contributed by atoms with Gasteiger partial charge in [-0.1, -0.05) is 49.4 Å². The van der Waals surface area contributed by atoms with E-state index in [4.69, 9.17) is 17.3 Å². The molecule has 0 atom stereocenters. The minimum atomic E-state index is -1.10.